The van der Waals surface area contributed by atoms with Crippen molar-refractivity contribution in [3.05, 3.63) is 30.0 Å². The van der Waals surface area contributed by atoms with Gasteiger partial charge in [-0.05, 0) is 13.3 Å². The topological polar surface area (TPSA) is 119 Å². The lowest BCUT2D eigenvalue weighted by molar-refractivity contribution is -0.130. The van der Waals surface area contributed by atoms with Gasteiger partial charge < -0.3 is 20.1 Å². The van der Waals surface area contributed by atoms with E-state index in [2.05, 4.69) is 21.3 Å². The summed E-state index contributed by atoms with van der Waals surface area (Å²) in [5.41, 5.74) is 1.03. The van der Waals surface area contributed by atoms with Crippen LogP contribution in [0.1, 0.15) is 53.0 Å². The van der Waals surface area contributed by atoms with Crippen LogP contribution in [-0.2, 0) is 10.2 Å². The smallest absolute Gasteiger partial charge is 0.324 e. The number of rotatable bonds is 6. The molecule has 3 amide bonds. The molecule has 3 rings (SSSR count). The molecule has 0 radical (unpaired) electrons. The first-order valence-corrected chi connectivity index (χ1v) is 11.0. The Balaban J connectivity index is 1.86. The summed E-state index contributed by atoms with van der Waals surface area (Å²) in [4.78, 5) is 25.5. The standard InChI is InChI=1S/C23H34N6O4/c1-8-17-13(2)24-21(27-20(17)30)29-19(12-18(28-29)23(3,4)5)26-22(31)25-14-9-15(32-6)11-16(10-14)33-7/h9-13,17,21,24H,8H2,1-7H3,(H,27,30)(H2,25,26,31). The summed E-state index contributed by atoms with van der Waals surface area (Å²) in [5, 5.41) is 16.7. The van der Waals surface area contributed by atoms with Gasteiger partial charge in [0.05, 0.1) is 25.8 Å². The highest BCUT2D eigenvalue weighted by Crippen LogP contribution is 2.28. The van der Waals surface area contributed by atoms with Gasteiger partial charge in [0.25, 0.3) is 0 Å². The number of hydrogen-bond donors (Lipinski definition) is 4. The number of nitrogens with one attached hydrogen (secondary N) is 4. The first kappa shape index (κ1) is 24.4. The molecule has 0 bridgehead atoms. The molecule has 1 saturated heterocycles. The van der Waals surface area contributed by atoms with E-state index in [4.69, 9.17) is 14.6 Å². The average molecular weight is 459 g/mol. The molecule has 2 heterocycles. The summed E-state index contributed by atoms with van der Waals surface area (Å²) in [6.45, 7) is 10.1. The van der Waals surface area contributed by atoms with E-state index in [-0.39, 0.29) is 23.3 Å². The van der Waals surface area contributed by atoms with Gasteiger partial charge in [0.15, 0.2) is 6.29 Å². The van der Waals surface area contributed by atoms with Gasteiger partial charge in [0, 0.05) is 41.4 Å². The van der Waals surface area contributed by atoms with Crippen LogP contribution in [0.3, 0.4) is 0 Å². The molecule has 0 spiro atoms. The lowest BCUT2D eigenvalue weighted by Gasteiger charge is -2.35. The molecular weight excluding hydrogens is 424 g/mol. The summed E-state index contributed by atoms with van der Waals surface area (Å²) in [6, 6.07) is 6.41. The molecule has 1 aromatic carbocycles. The molecular formula is C23H34N6O4. The van der Waals surface area contributed by atoms with Crippen molar-refractivity contribution in [2.75, 3.05) is 24.9 Å². The number of aromatic nitrogens is 2. The second kappa shape index (κ2) is 9.70. The summed E-state index contributed by atoms with van der Waals surface area (Å²) >= 11 is 0. The van der Waals surface area contributed by atoms with Crippen LogP contribution in [0.5, 0.6) is 11.5 Å². The first-order chi connectivity index (χ1) is 15.5. The number of carbonyl (C=O) groups excluding carboxylic acids is 2. The summed E-state index contributed by atoms with van der Waals surface area (Å²) < 4.78 is 12.1. The van der Waals surface area contributed by atoms with Gasteiger partial charge >= 0.3 is 6.03 Å². The van der Waals surface area contributed by atoms with Crippen LogP contribution in [-0.4, -0.2) is 42.0 Å². The molecule has 2 aromatic rings. The molecule has 10 nitrogen and oxygen atoms in total. The lowest BCUT2D eigenvalue weighted by Crippen LogP contribution is -2.57. The molecule has 1 aromatic heterocycles. The number of methoxy groups -OCH3 is 2. The fraction of sp³-hybridized carbons (Fsp3) is 0.522. The molecule has 0 aliphatic carbocycles. The van der Waals surface area contributed by atoms with Crippen LogP contribution in [0.15, 0.2) is 24.3 Å². The number of urea groups is 1. The molecule has 180 valence electrons. The molecule has 10 heteroatoms. The Morgan fingerprint density at radius 1 is 1.12 bits per heavy atom. The fourth-order valence-corrected chi connectivity index (χ4v) is 3.76. The Labute approximate surface area is 194 Å². The molecule has 0 saturated carbocycles. The van der Waals surface area contributed by atoms with E-state index in [1.54, 1.807) is 37.1 Å². The van der Waals surface area contributed by atoms with Crippen molar-refractivity contribution in [1.29, 1.82) is 0 Å². The Morgan fingerprint density at radius 3 is 2.27 bits per heavy atom. The Morgan fingerprint density at radius 2 is 1.76 bits per heavy atom. The van der Waals surface area contributed by atoms with Crippen molar-refractivity contribution < 1.29 is 19.1 Å². The summed E-state index contributed by atoms with van der Waals surface area (Å²) in [6.07, 6.45) is 0.148. The van der Waals surface area contributed by atoms with Crippen molar-refractivity contribution in [2.24, 2.45) is 5.92 Å². The third-order valence-corrected chi connectivity index (χ3v) is 5.68. The zero-order valence-corrected chi connectivity index (χ0v) is 20.3. The van der Waals surface area contributed by atoms with Crippen molar-refractivity contribution >= 4 is 23.4 Å². The minimum absolute atomic E-state index is 0.0399. The quantitative estimate of drug-likeness (QED) is 0.527. The number of hydrogen-bond acceptors (Lipinski definition) is 6. The van der Waals surface area contributed by atoms with Crippen LogP contribution in [0.2, 0.25) is 0 Å². The predicted molar refractivity (Wildman–Crippen MR) is 127 cm³/mol. The van der Waals surface area contributed by atoms with E-state index < -0.39 is 12.3 Å². The van der Waals surface area contributed by atoms with E-state index in [1.165, 1.54) is 0 Å². The Hall–Kier alpha value is -3.27. The zero-order chi connectivity index (χ0) is 24.3. The van der Waals surface area contributed by atoms with Gasteiger partial charge in [-0.15, -0.1) is 0 Å². The maximum atomic E-state index is 12.8. The summed E-state index contributed by atoms with van der Waals surface area (Å²) in [5.74, 6) is 1.39. The number of benzene rings is 1. The molecule has 1 aliphatic heterocycles. The third kappa shape index (κ3) is 5.57. The lowest BCUT2D eigenvalue weighted by atomic mass is 9.92. The van der Waals surface area contributed by atoms with E-state index >= 15 is 0 Å². The van der Waals surface area contributed by atoms with Crippen molar-refractivity contribution in [1.82, 2.24) is 20.4 Å². The average Bonchev–Trinajstić information content (AvgIpc) is 3.17. The molecule has 3 atom stereocenters. The SMILES string of the molecule is CCC1C(=O)NC(n2nc(C(C)(C)C)cc2NC(=O)Nc2cc(OC)cc(OC)c2)NC1C. The Bertz CT molecular complexity index is 991. The molecule has 1 aliphatic rings. The van der Waals surface area contributed by atoms with Crippen molar-refractivity contribution in [3.8, 4) is 11.5 Å². The van der Waals surface area contributed by atoms with Crippen molar-refractivity contribution in [3.63, 3.8) is 0 Å². The normalized spacial score (nSPS) is 20.7. The monoisotopic (exact) mass is 458 g/mol. The van der Waals surface area contributed by atoms with Gasteiger partial charge in [0.2, 0.25) is 5.91 Å². The van der Waals surface area contributed by atoms with Gasteiger partial charge in [-0.3, -0.25) is 15.4 Å². The molecule has 33 heavy (non-hydrogen) atoms. The number of anilines is 2. The largest absolute Gasteiger partial charge is 0.497 e. The first-order valence-electron chi connectivity index (χ1n) is 11.0. The van der Waals surface area contributed by atoms with Crippen molar-refractivity contribution in [2.45, 2.75) is 58.8 Å². The zero-order valence-electron chi connectivity index (χ0n) is 20.3. The molecule has 3 unspecified atom stereocenters. The number of carbonyl (C=O) groups is 2. The van der Waals surface area contributed by atoms with Crippen LogP contribution < -0.4 is 30.7 Å². The van der Waals surface area contributed by atoms with Crippen LogP contribution in [0.4, 0.5) is 16.3 Å². The van der Waals surface area contributed by atoms with Gasteiger partial charge in [0.1, 0.15) is 17.3 Å². The van der Waals surface area contributed by atoms with Crippen LogP contribution in [0.25, 0.3) is 0 Å². The number of amides is 3. The van der Waals surface area contributed by atoms with E-state index in [9.17, 15) is 9.59 Å². The number of nitrogens with zero attached hydrogens (tertiary/aromatic N) is 2. The van der Waals surface area contributed by atoms with Gasteiger partial charge in [-0.2, -0.15) is 5.10 Å². The van der Waals surface area contributed by atoms with E-state index in [1.807, 2.05) is 40.7 Å². The maximum absolute atomic E-state index is 12.8. The molecule has 1 fully saturated rings. The fourth-order valence-electron chi connectivity index (χ4n) is 3.76. The Kier molecular flexibility index (Phi) is 7.16. The summed E-state index contributed by atoms with van der Waals surface area (Å²) in [7, 11) is 3.08. The second-order valence-electron chi connectivity index (χ2n) is 9.17. The third-order valence-electron chi connectivity index (χ3n) is 5.68. The van der Waals surface area contributed by atoms with Crippen LogP contribution in [0, 0.1) is 5.92 Å². The second-order valence-corrected chi connectivity index (χ2v) is 9.17. The van der Waals surface area contributed by atoms with Crippen LogP contribution >= 0.6 is 0 Å². The van der Waals surface area contributed by atoms with Gasteiger partial charge in [-0.1, -0.05) is 27.7 Å². The number of ether oxygens (including phenoxy) is 2. The highest BCUT2D eigenvalue weighted by atomic mass is 16.5. The molecule has 4 N–H and O–H groups in total. The van der Waals surface area contributed by atoms with Gasteiger partial charge in [-0.25, -0.2) is 9.48 Å². The van der Waals surface area contributed by atoms with E-state index in [0.29, 0.717) is 23.0 Å². The predicted octanol–water partition coefficient (Wildman–Crippen LogP) is 3.43. The highest BCUT2D eigenvalue weighted by molar-refractivity contribution is 5.99. The highest BCUT2D eigenvalue weighted by Gasteiger charge is 2.35. The van der Waals surface area contributed by atoms with E-state index in [0.717, 1.165) is 12.1 Å². The maximum Gasteiger partial charge on any atom is 0.324 e. The minimum Gasteiger partial charge on any atom is -0.497 e. The minimum atomic E-state index is -0.585.